The Morgan fingerprint density at radius 2 is 1.90 bits per heavy atom. The number of aryl methyl sites for hydroxylation is 2. The van der Waals surface area contributed by atoms with Crippen molar-refractivity contribution in [2.45, 2.75) is 20.3 Å². The number of carbonyl (C=O) groups is 1. The lowest BCUT2D eigenvalue weighted by molar-refractivity contribution is 0.187. The number of rotatable bonds is 4. The molecular formula is C15H18N4O2. The monoisotopic (exact) mass is 286 g/mol. The second-order valence-electron chi connectivity index (χ2n) is 4.51. The third-order valence-corrected chi connectivity index (χ3v) is 3.07. The number of hydrogen-bond acceptors (Lipinski definition) is 5. The molecule has 1 amide bonds. The van der Waals surface area contributed by atoms with Gasteiger partial charge in [-0.15, -0.1) is 10.2 Å². The van der Waals surface area contributed by atoms with Crippen LogP contribution in [0.3, 0.4) is 0 Å². The van der Waals surface area contributed by atoms with Crippen LogP contribution in [0.15, 0.2) is 30.3 Å². The zero-order chi connectivity index (χ0) is 15.2. The average molecular weight is 286 g/mol. The molecule has 1 aromatic heterocycles. The summed E-state index contributed by atoms with van der Waals surface area (Å²) in [5, 5.41) is 13.7. The Bertz CT molecular complexity index is 626. The molecule has 6 nitrogen and oxygen atoms in total. The maximum Gasteiger partial charge on any atom is 0.412 e. The molecule has 0 saturated heterocycles. The predicted octanol–water partition coefficient (Wildman–Crippen LogP) is 3.27. The van der Waals surface area contributed by atoms with Crippen LogP contribution in [0.2, 0.25) is 0 Å². The number of nitrogens with zero attached hydrogens (tertiary/aromatic N) is 2. The summed E-state index contributed by atoms with van der Waals surface area (Å²) in [6.45, 7) is 4.15. The number of amides is 1. The van der Waals surface area contributed by atoms with Crippen LogP contribution >= 0.6 is 0 Å². The summed E-state index contributed by atoms with van der Waals surface area (Å²) in [5.74, 6) is 0.960. The van der Waals surface area contributed by atoms with Crippen LogP contribution in [-0.4, -0.2) is 23.4 Å². The molecule has 0 bridgehead atoms. The van der Waals surface area contributed by atoms with E-state index < -0.39 is 6.09 Å². The zero-order valence-electron chi connectivity index (χ0n) is 12.3. The highest BCUT2D eigenvalue weighted by molar-refractivity contribution is 5.83. The first kappa shape index (κ1) is 14.8. The normalized spacial score (nSPS) is 10.0. The van der Waals surface area contributed by atoms with Gasteiger partial charge in [0.15, 0.2) is 11.6 Å². The van der Waals surface area contributed by atoms with Crippen molar-refractivity contribution in [2.75, 3.05) is 17.7 Å². The minimum Gasteiger partial charge on any atom is -0.453 e. The van der Waals surface area contributed by atoms with Crippen molar-refractivity contribution >= 4 is 23.4 Å². The van der Waals surface area contributed by atoms with E-state index in [0.717, 1.165) is 17.7 Å². The number of anilines is 3. The fourth-order valence-electron chi connectivity index (χ4n) is 1.95. The molecule has 21 heavy (non-hydrogen) atoms. The van der Waals surface area contributed by atoms with Crippen molar-refractivity contribution < 1.29 is 9.53 Å². The van der Waals surface area contributed by atoms with Gasteiger partial charge in [-0.3, -0.25) is 5.32 Å². The molecule has 6 heteroatoms. The van der Waals surface area contributed by atoms with Crippen LogP contribution in [0.1, 0.15) is 18.1 Å². The molecule has 2 N–H and O–H groups in total. The van der Waals surface area contributed by atoms with E-state index in [1.807, 2.05) is 19.1 Å². The van der Waals surface area contributed by atoms with E-state index in [-0.39, 0.29) is 0 Å². The van der Waals surface area contributed by atoms with Gasteiger partial charge in [-0.1, -0.05) is 25.1 Å². The molecule has 0 unspecified atom stereocenters. The SMILES string of the molecule is CCc1cccc(C)c1Nc1ccc(NC(=O)OC)nn1. The molecule has 0 fully saturated rings. The first-order chi connectivity index (χ1) is 10.1. The van der Waals surface area contributed by atoms with Crippen molar-refractivity contribution in [3.05, 3.63) is 41.5 Å². The number of nitrogens with one attached hydrogen (secondary N) is 2. The molecule has 110 valence electrons. The molecular weight excluding hydrogens is 268 g/mol. The summed E-state index contributed by atoms with van der Waals surface area (Å²) in [5.41, 5.74) is 3.41. The summed E-state index contributed by atoms with van der Waals surface area (Å²) in [7, 11) is 1.29. The van der Waals surface area contributed by atoms with Gasteiger partial charge in [0, 0.05) is 5.69 Å². The summed E-state index contributed by atoms with van der Waals surface area (Å²) in [6, 6.07) is 9.58. The van der Waals surface area contributed by atoms with Gasteiger partial charge >= 0.3 is 6.09 Å². The molecule has 0 atom stereocenters. The van der Waals surface area contributed by atoms with E-state index in [1.54, 1.807) is 12.1 Å². The molecule has 0 aliphatic rings. The Labute approximate surface area is 123 Å². The number of ether oxygens (including phenoxy) is 1. The lowest BCUT2D eigenvalue weighted by Crippen LogP contribution is -2.12. The largest absolute Gasteiger partial charge is 0.453 e. The number of para-hydroxylation sites is 1. The fraction of sp³-hybridized carbons (Fsp3) is 0.267. The third-order valence-electron chi connectivity index (χ3n) is 3.07. The molecule has 0 saturated carbocycles. The van der Waals surface area contributed by atoms with E-state index >= 15 is 0 Å². The number of aromatic nitrogens is 2. The molecule has 0 spiro atoms. The van der Waals surface area contributed by atoms with Gasteiger partial charge < -0.3 is 10.1 Å². The lowest BCUT2D eigenvalue weighted by Gasteiger charge is -2.13. The number of hydrogen-bond donors (Lipinski definition) is 2. The minimum absolute atomic E-state index is 0.341. The smallest absolute Gasteiger partial charge is 0.412 e. The highest BCUT2D eigenvalue weighted by atomic mass is 16.5. The van der Waals surface area contributed by atoms with Crippen molar-refractivity contribution in [3.63, 3.8) is 0 Å². The van der Waals surface area contributed by atoms with Crippen LogP contribution in [0, 0.1) is 6.92 Å². The van der Waals surface area contributed by atoms with E-state index in [1.165, 1.54) is 12.7 Å². The molecule has 1 heterocycles. The number of benzene rings is 1. The van der Waals surface area contributed by atoms with Gasteiger partial charge in [-0.2, -0.15) is 0 Å². The van der Waals surface area contributed by atoms with Gasteiger partial charge in [-0.25, -0.2) is 4.79 Å². The third kappa shape index (κ3) is 3.68. The van der Waals surface area contributed by atoms with Gasteiger partial charge in [0.2, 0.25) is 0 Å². The second kappa shape index (κ2) is 6.69. The van der Waals surface area contributed by atoms with Crippen LogP contribution in [0.25, 0.3) is 0 Å². The molecule has 2 rings (SSSR count). The van der Waals surface area contributed by atoms with Crippen molar-refractivity contribution in [3.8, 4) is 0 Å². The van der Waals surface area contributed by atoms with E-state index in [2.05, 4.69) is 38.6 Å². The van der Waals surface area contributed by atoms with Gasteiger partial charge in [0.25, 0.3) is 0 Å². The van der Waals surface area contributed by atoms with E-state index in [0.29, 0.717) is 11.6 Å². The molecule has 2 aromatic rings. The summed E-state index contributed by atoms with van der Waals surface area (Å²) in [4.78, 5) is 11.1. The lowest BCUT2D eigenvalue weighted by atomic mass is 10.1. The van der Waals surface area contributed by atoms with Crippen LogP contribution < -0.4 is 10.6 Å². The molecule has 0 aliphatic carbocycles. The average Bonchev–Trinajstić information content (AvgIpc) is 2.51. The maximum absolute atomic E-state index is 11.1. The first-order valence-electron chi connectivity index (χ1n) is 6.68. The van der Waals surface area contributed by atoms with Gasteiger partial charge in [0.1, 0.15) is 0 Å². The van der Waals surface area contributed by atoms with E-state index in [9.17, 15) is 4.79 Å². The Hall–Kier alpha value is -2.63. The number of methoxy groups -OCH3 is 1. The highest BCUT2D eigenvalue weighted by Gasteiger charge is 2.07. The quantitative estimate of drug-likeness (QED) is 0.902. The molecule has 0 radical (unpaired) electrons. The number of carbonyl (C=O) groups excluding carboxylic acids is 1. The fourth-order valence-corrected chi connectivity index (χ4v) is 1.95. The van der Waals surface area contributed by atoms with Crippen LogP contribution in [0.4, 0.5) is 22.1 Å². The second-order valence-corrected chi connectivity index (χ2v) is 4.51. The Kier molecular flexibility index (Phi) is 4.71. The summed E-state index contributed by atoms with van der Waals surface area (Å²) in [6.07, 6.45) is 0.358. The van der Waals surface area contributed by atoms with Crippen LogP contribution in [-0.2, 0) is 11.2 Å². The predicted molar refractivity (Wildman–Crippen MR) is 81.9 cm³/mol. The topological polar surface area (TPSA) is 76.1 Å². The van der Waals surface area contributed by atoms with Crippen molar-refractivity contribution in [1.82, 2.24) is 10.2 Å². The first-order valence-corrected chi connectivity index (χ1v) is 6.68. The summed E-state index contributed by atoms with van der Waals surface area (Å²) >= 11 is 0. The minimum atomic E-state index is -0.572. The zero-order valence-corrected chi connectivity index (χ0v) is 12.3. The molecule has 0 aliphatic heterocycles. The van der Waals surface area contributed by atoms with Gasteiger partial charge in [0.05, 0.1) is 7.11 Å². The van der Waals surface area contributed by atoms with Crippen molar-refractivity contribution in [2.24, 2.45) is 0 Å². The van der Waals surface area contributed by atoms with Crippen molar-refractivity contribution in [1.29, 1.82) is 0 Å². The highest BCUT2D eigenvalue weighted by Crippen LogP contribution is 2.24. The Morgan fingerprint density at radius 1 is 1.19 bits per heavy atom. The Morgan fingerprint density at radius 3 is 2.52 bits per heavy atom. The van der Waals surface area contributed by atoms with E-state index in [4.69, 9.17) is 0 Å². The standard InChI is InChI=1S/C15H18N4O2/c1-4-11-7-5-6-10(2)14(11)16-12-8-9-13(19-18-12)17-15(20)21-3/h5-9H,4H2,1-3H3,(H,16,18)(H,17,19,20). The Balaban J connectivity index is 2.16. The maximum atomic E-state index is 11.1. The summed E-state index contributed by atoms with van der Waals surface area (Å²) < 4.78 is 4.49. The van der Waals surface area contributed by atoms with Crippen LogP contribution in [0.5, 0.6) is 0 Å². The van der Waals surface area contributed by atoms with Gasteiger partial charge in [-0.05, 0) is 36.6 Å². The molecule has 1 aromatic carbocycles.